The third kappa shape index (κ3) is 4.60. The number of halogens is 1. The van der Waals surface area contributed by atoms with Crippen LogP contribution in [-0.4, -0.2) is 29.3 Å². The standard InChI is InChI=1S/C15H19FN4S/c1-10(8-11-4-6-12(16)7-5-11)18-14-9-13(17-2)19-15(20-14)21-3/h4-7,9-10H,8H2,1-3H3,(H2,17,18,19,20). The molecule has 0 radical (unpaired) electrons. The Morgan fingerprint density at radius 1 is 1.19 bits per heavy atom. The van der Waals surface area contributed by atoms with Crippen molar-refractivity contribution in [2.75, 3.05) is 23.9 Å². The lowest BCUT2D eigenvalue weighted by atomic mass is 10.1. The first-order valence-corrected chi connectivity index (χ1v) is 7.95. The highest BCUT2D eigenvalue weighted by Crippen LogP contribution is 2.18. The maximum atomic E-state index is 12.9. The normalized spacial score (nSPS) is 12.0. The van der Waals surface area contributed by atoms with Gasteiger partial charge in [-0.2, -0.15) is 0 Å². The zero-order valence-electron chi connectivity index (χ0n) is 12.4. The molecule has 2 rings (SSSR count). The Morgan fingerprint density at radius 3 is 2.48 bits per heavy atom. The molecule has 0 amide bonds. The van der Waals surface area contributed by atoms with Crippen molar-refractivity contribution in [1.82, 2.24) is 9.97 Å². The molecule has 1 aromatic carbocycles. The first-order valence-electron chi connectivity index (χ1n) is 6.72. The van der Waals surface area contributed by atoms with Crippen molar-refractivity contribution in [3.63, 3.8) is 0 Å². The smallest absolute Gasteiger partial charge is 0.191 e. The molecule has 1 heterocycles. The van der Waals surface area contributed by atoms with Gasteiger partial charge in [0.1, 0.15) is 17.5 Å². The first kappa shape index (κ1) is 15.6. The van der Waals surface area contributed by atoms with Crippen molar-refractivity contribution in [1.29, 1.82) is 0 Å². The number of rotatable bonds is 6. The Morgan fingerprint density at radius 2 is 1.86 bits per heavy atom. The predicted octanol–water partition coefficient (Wildman–Crippen LogP) is 3.42. The molecule has 6 heteroatoms. The van der Waals surface area contributed by atoms with E-state index < -0.39 is 0 Å². The molecular weight excluding hydrogens is 287 g/mol. The van der Waals surface area contributed by atoms with Gasteiger partial charge in [-0.05, 0) is 37.3 Å². The van der Waals surface area contributed by atoms with Crippen LogP contribution in [0.4, 0.5) is 16.0 Å². The van der Waals surface area contributed by atoms with E-state index in [2.05, 4.69) is 27.5 Å². The maximum Gasteiger partial charge on any atom is 0.191 e. The van der Waals surface area contributed by atoms with Crippen LogP contribution in [0.15, 0.2) is 35.5 Å². The summed E-state index contributed by atoms with van der Waals surface area (Å²) < 4.78 is 12.9. The highest BCUT2D eigenvalue weighted by Gasteiger charge is 2.08. The average molecular weight is 306 g/mol. The van der Waals surface area contributed by atoms with Gasteiger partial charge in [0.25, 0.3) is 0 Å². The molecular formula is C15H19FN4S. The fourth-order valence-electron chi connectivity index (χ4n) is 2.00. The fraction of sp³-hybridized carbons (Fsp3) is 0.333. The van der Waals surface area contributed by atoms with Crippen LogP contribution < -0.4 is 10.6 Å². The number of hydrogen-bond donors (Lipinski definition) is 2. The summed E-state index contributed by atoms with van der Waals surface area (Å²) >= 11 is 1.50. The summed E-state index contributed by atoms with van der Waals surface area (Å²) in [5, 5.41) is 7.10. The van der Waals surface area contributed by atoms with Crippen LogP contribution in [0.2, 0.25) is 0 Å². The molecule has 0 aliphatic heterocycles. The van der Waals surface area contributed by atoms with E-state index in [0.29, 0.717) is 0 Å². The lowest BCUT2D eigenvalue weighted by Crippen LogP contribution is -2.19. The Balaban J connectivity index is 2.04. The number of nitrogens with one attached hydrogen (secondary N) is 2. The summed E-state index contributed by atoms with van der Waals surface area (Å²) in [7, 11) is 1.83. The average Bonchev–Trinajstić information content (AvgIpc) is 2.49. The van der Waals surface area contributed by atoms with Crippen LogP contribution in [0.1, 0.15) is 12.5 Å². The third-order valence-corrected chi connectivity index (χ3v) is 3.54. The topological polar surface area (TPSA) is 49.8 Å². The first-order chi connectivity index (χ1) is 10.1. The van der Waals surface area contributed by atoms with Crippen LogP contribution in [0, 0.1) is 5.82 Å². The molecule has 0 fully saturated rings. The molecule has 112 valence electrons. The summed E-state index contributed by atoms with van der Waals surface area (Å²) in [6.45, 7) is 2.07. The fourth-order valence-corrected chi connectivity index (χ4v) is 2.38. The van der Waals surface area contributed by atoms with E-state index in [0.717, 1.165) is 28.8 Å². The van der Waals surface area contributed by atoms with Crippen molar-refractivity contribution in [2.45, 2.75) is 24.5 Å². The van der Waals surface area contributed by atoms with Crippen LogP contribution in [0.25, 0.3) is 0 Å². The SMILES string of the molecule is CNc1cc(NC(C)Cc2ccc(F)cc2)nc(SC)n1. The van der Waals surface area contributed by atoms with E-state index in [9.17, 15) is 4.39 Å². The van der Waals surface area contributed by atoms with E-state index in [1.165, 1.54) is 23.9 Å². The van der Waals surface area contributed by atoms with Gasteiger partial charge in [0, 0.05) is 19.2 Å². The van der Waals surface area contributed by atoms with Gasteiger partial charge in [0.2, 0.25) is 0 Å². The van der Waals surface area contributed by atoms with Crippen molar-refractivity contribution < 1.29 is 4.39 Å². The van der Waals surface area contributed by atoms with Gasteiger partial charge in [-0.15, -0.1) is 0 Å². The maximum absolute atomic E-state index is 12.9. The lowest BCUT2D eigenvalue weighted by Gasteiger charge is -2.15. The largest absolute Gasteiger partial charge is 0.373 e. The van der Waals surface area contributed by atoms with Crippen molar-refractivity contribution in [3.05, 3.63) is 41.7 Å². The zero-order valence-corrected chi connectivity index (χ0v) is 13.2. The lowest BCUT2D eigenvalue weighted by molar-refractivity contribution is 0.626. The minimum absolute atomic E-state index is 0.185. The van der Waals surface area contributed by atoms with Crippen LogP contribution in [-0.2, 0) is 6.42 Å². The Kier molecular flexibility index (Phi) is 5.38. The summed E-state index contributed by atoms with van der Waals surface area (Å²) in [5.74, 6) is 1.36. The molecule has 0 aliphatic rings. The van der Waals surface area contributed by atoms with E-state index in [1.54, 1.807) is 12.1 Å². The molecule has 2 N–H and O–H groups in total. The summed E-state index contributed by atoms with van der Waals surface area (Å²) in [4.78, 5) is 8.77. The predicted molar refractivity (Wildman–Crippen MR) is 86.5 cm³/mol. The van der Waals surface area contributed by atoms with Gasteiger partial charge in [0.05, 0.1) is 0 Å². The van der Waals surface area contributed by atoms with Gasteiger partial charge < -0.3 is 10.6 Å². The quantitative estimate of drug-likeness (QED) is 0.632. The van der Waals surface area contributed by atoms with Crippen LogP contribution >= 0.6 is 11.8 Å². The number of thioether (sulfide) groups is 1. The van der Waals surface area contributed by atoms with Gasteiger partial charge in [-0.1, -0.05) is 23.9 Å². The molecule has 4 nitrogen and oxygen atoms in total. The second-order valence-corrected chi connectivity index (χ2v) is 5.52. The molecule has 1 unspecified atom stereocenters. The summed E-state index contributed by atoms with van der Waals surface area (Å²) in [5.41, 5.74) is 1.09. The minimum Gasteiger partial charge on any atom is -0.373 e. The van der Waals surface area contributed by atoms with Gasteiger partial charge in [-0.25, -0.2) is 14.4 Å². The molecule has 21 heavy (non-hydrogen) atoms. The van der Waals surface area contributed by atoms with Crippen molar-refractivity contribution in [3.8, 4) is 0 Å². The molecule has 0 aliphatic carbocycles. The molecule has 0 spiro atoms. The van der Waals surface area contributed by atoms with Crippen molar-refractivity contribution in [2.24, 2.45) is 0 Å². The van der Waals surface area contributed by atoms with Crippen molar-refractivity contribution >= 4 is 23.4 Å². The summed E-state index contributed by atoms with van der Waals surface area (Å²) in [6, 6.07) is 8.64. The second-order valence-electron chi connectivity index (χ2n) is 4.75. The number of hydrogen-bond acceptors (Lipinski definition) is 5. The monoisotopic (exact) mass is 306 g/mol. The highest BCUT2D eigenvalue weighted by molar-refractivity contribution is 7.98. The van der Waals surface area contributed by atoms with Gasteiger partial charge in [-0.3, -0.25) is 0 Å². The highest BCUT2D eigenvalue weighted by atomic mass is 32.2. The van der Waals surface area contributed by atoms with E-state index in [4.69, 9.17) is 0 Å². The third-order valence-electron chi connectivity index (χ3n) is 2.99. The van der Waals surface area contributed by atoms with E-state index in [1.807, 2.05) is 19.4 Å². The molecule has 0 saturated heterocycles. The number of benzene rings is 1. The zero-order chi connectivity index (χ0) is 15.2. The molecule has 2 aromatic rings. The Bertz CT molecular complexity index is 566. The van der Waals surface area contributed by atoms with Crippen LogP contribution in [0.3, 0.4) is 0 Å². The summed E-state index contributed by atoms with van der Waals surface area (Å²) in [6.07, 6.45) is 2.74. The van der Waals surface area contributed by atoms with Gasteiger partial charge >= 0.3 is 0 Å². The van der Waals surface area contributed by atoms with E-state index >= 15 is 0 Å². The Hall–Kier alpha value is -1.82. The molecule has 1 aromatic heterocycles. The number of aromatic nitrogens is 2. The number of nitrogens with zero attached hydrogens (tertiary/aromatic N) is 2. The molecule has 1 atom stereocenters. The Labute approximate surface area is 128 Å². The molecule has 0 saturated carbocycles. The van der Waals surface area contributed by atoms with E-state index in [-0.39, 0.29) is 11.9 Å². The van der Waals surface area contributed by atoms with Gasteiger partial charge in [0.15, 0.2) is 5.16 Å². The minimum atomic E-state index is -0.210. The number of anilines is 2. The molecule has 0 bridgehead atoms. The van der Waals surface area contributed by atoms with Crippen LogP contribution in [0.5, 0.6) is 0 Å². The second kappa shape index (κ2) is 7.26.